The summed E-state index contributed by atoms with van der Waals surface area (Å²) < 4.78 is 7.26. The maximum atomic E-state index is 6.16. The fourth-order valence-electron chi connectivity index (χ4n) is 3.05. The van der Waals surface area contributed by atoms with Crippen LogP contribution in [-0.2, 0) is 0 Å². The molecule has 1 atom stereocenters. The molecule has 0 spiro atoms. The highest BCUT2D eigenvalue weighted by Gasteiger charge is 2.06. The van der Waals surface area contributed by atoms with Crippen LogP contribution < -0.4 is 4.74 Å². The van der Waals surface area contributed by atoms with Crippen LogP contribution in [0.3, 0.4) is 0 Å². The molecule has 0 aliphatic carbocycles. The molecule has 0 saturated heterocycles. The zero-order chi connectivity index (χ0) is 19.6. The first-order valence-corrected chi connectivity index (χ1v) is 10.9. The third kappa shape index (κ3) is 8.34. The maximum Gasteiger partial charge on any atom is 0.126 e. The number of rotatable bonds is 10. The summed E-state index contributed by atoms with van der Waals surface area (Å²) in [5, 5.41) is 0. The molecule has 0 heterocycles. The van der Waals surface area contributed by atoms with Crippen LogP contribution in [0.5, 0.6) is 5.75 Å². The Hall–Kier alpha value is -1.54. The van der Waals surface area contributed by atoms with E-state index in [1.165, 1.54) is 30.4 Å². The molecule has 0 radical (unpaired) electrons. The minimum atomic E-state index is 0.718. The molecule has 0 aliphatic heterocycles. The van der Waals surface area contributed by atoms with Crippen molar-refractivity contribution in [2.24, 2.45) is 11.8 Å². The van der Waals surface area contributed by atoms with Gasteiger partial charge in [0.05, 0.1) is 6.61 Å². The van der Waals surface area contributed by atoms with Crippen LogP contribution in [0.1, 0.15) is 63.1 Å². The van der Waals surface area contributed by atoms with Crippen LogP contribution >= 0.6 is 15.9 Å². The van der Waals surface area contributed by atoms with E-state index in [2.05, 4.69) is 98.2 Å². The highest BCUT2D eigenvalue weighted by molar-refractivity contribution is 9.10. The lowest BCUT2D eigenvalue weighted by Crippen LogP contribution is -2.05. The van der Waals surface area contributed by atoms with Crippen molar-refractivity contribution in [2.45, 2.75) is 53.4 Å². The summed E-state index contributed by atoms with van der Waals surface area (Å²) in [7, 11) is 0. The molecule has 0 fully saturated rings. The Kier molecular flexibility index (Phi) is 9.14. The van der Waals surface area contributed by atoms with Crippen molar-refractivity contribution in [1.82, 2.24) is 0 Å². The molecule has 146 valence electrons. The minimum Gasteiger partial charge on any atom is -0.493 e. The third-order valence-corrected chi connectivity index (χ3v) is 5.37. The van der Waals surface area contributed by atoms with Gasteiger partial charge in [0.2, 0.25) is 0 Å². The lowest BCUT2D eigenvalue weighted by molar-refractivity contribution is 0.275. The number of hydrogen-bond donors (Lipinski definition) is 0. The first-order valence-electron chi connectivity index (χ1n) is 10.1. The molecule has 2 aromatic carbocycles. The number of benzene rings is 2. The van der Waals surface area contributed by atoms with Gasteiger partial charge in [-0.2, -0.15) is 0 Å². The molecular weight excluding hydrogens is 396 g/mol. The van der Waals surface area contributed by atoms with E-state index in [0.717, 1.165) is 40.6 Å². The summed E-state index contributed by atoms with van der Waals surface area (Å²) in [4.78, 5) is 0. The SMILES string of the molecule is Cc1ccc(/C=C/c2ccc(Br)cc2)c(OCCC(C)CCCC(C)C)c1. The average Bonchev–Trinajstić information content (AvgIpc) is 2.62. The Bertz CT molecular complexity index is 716. The quantitative estimate of drug-likeness (QED) is 0.346. The van der Waals surface area contributed by atoms with E-state index in [0.29, 0.717) is 0 Å². The van der Waals surface area contributed by atoms with Gasteiger partial charge < -0.3 is 4.74 Å². The second kappa shape index (κ2) is 11.3. The summed E-state index contributed by atoms with van der Waals surface area (Å²) in [6, 6.07) is 14.8. The number of ether oxygens (including phenoxy) is 1. The molecule has 0 N–H and O–H groups in total. The Balaban J connectivity index is 1.92. The Morgan fingerprint density at radius 1 is 0.926 bits per heavy atom. The summed E-state index contributed by atoms with van der Waals surface area (Å²) in [5.41, 5.74) is 3.55. The molecule has 0 bridgehead atoms. The van der Waals surface area contributed by atoms with Crippen molar-refractivity contribution < 1.29 is 4.74 Å². The number of halogens is 1. The van der Waals surface area contributed by atoms with E-state index in [-0.39, 0.29) is 0 Å². The van der Waals surface area contributed by atoms with Crippen molar-refractivity contribution >= 4 is 28.1 Å². The zero-order valence-corrected chi connectivity index (χ0v) is 18.8. The van der Waals surface area contributed by atoms with Crippen LogP contribution in [0.2, 0.25) is 0 Å². The maximum absolute atomic E-state index is 6.16. The van der Waals surface area contributed by atoms with E-state index >= 15 is 0 Å². The molecule has 0 aliphatic rings. The first kappa shape index (κ1) is 21.8. The lowest BCUT2D eigenvalue weighted by atomic mass is 9.98. The highest BCUT2D eigenvalue weighted by atomic mass is 79.9. The molecular formula is C25H33BrO. The van der Waals surface area contributed by atoms with Gasteiger partial charge in [-0.3, -0.25) is 0 Å². The fourth-order valence-corrected chi connectivity index (χ4v) is 3.32. The number of aryl methyl sites for hydroxylation is 1. The summed E-state index contributed by atoms with van der Waals surface area (Å²) >= 11 is 3.48. The highest BCUT2D eigenvalue weighted by Crippen LogP contribution is 2.24. The Morgan fingerprint density at radius 3 is 2.37 bits per heavy atom. The van der Waals surface area contributed by atoms with Crippen molar-refractivity contribution in [3.63, 3.8) is 0 Å². The summed E-state index contributed by atoms with van der Waals surface area (Å²) in [6.45, 7) is 9.84. The van der Waals surface area contributed by atoms with Gasteiger partial charge in [-0.05, 0) is 54.5 Å². The summed E-state index contributed by atoms with van der Waals surface area (Å²) in [5.74, 6) is 2.51. The topological polar surface area (TPSA) is 9.23 Å². The Labute approximate surface area is 174 Å². The van der Waals surface area contributed by atoms with E-state index < -0.39 is 0 Å². The molecule has 0 saturated carbocycles. The molecule has 2 aromatic rings. The van der Waals surface area contributed by atoms with Crippen molar-refractivity contribution in [2.75, 3.05) is 6.61 Å². The standard InChI is InChI=1S/C25H33BrO/c1-19(2)6-5-7-20(3)16-17-27-25-18-21(4)8-12-23(25)13-9-22-10-14-24(26)15-11-22/h8-15,18-20H,5-7,16-17H2,1-4H3/b13-9+. The van der Waals surface area contributed by atoms with Crippen molar-refractivity contribution in [3.8, 4) is 5.75 Å². The zero-order valence-electron chi connectivity index (χ0n) is 17.2. The first-order chi connectivity index (χ1) is 12.9. The van der Waals surface area contributed by atoms with Gasteiger partial charge in [0.1, 0.15) is 5.75 Å². The van der Waals surface area contributed by atoms with Gasteiger partial charge in [0.15, 0.2) is 0 Å². The lowest BCUT2D eigenvalue weighted by Gasteiger charge is -2.14. The van der Waals surface area contributed by atoms with Gasteiger partial charge in [-0.25, -0.2) is 0 Å². The van der Waals surface area contributed by atoms with Crippen LogP contribution in [-0.4, -0.2) is 6.61 Å². The van der Waals surface area contributed by atoms with Gasteiger partial charge in [-0.15, -0.1) is 0 Å². The largest absolute Gasteiger partial charge is 0.493 e. The van der Waals surface area contributed by atoms with Crippen LogP contribution in [0.15, 0.2) is 46.9 Å². The smallest absolute Gasteiger partial charge is 0.126 e. The monoisotopic (exact) mass is 428 g/mol. The molecule has 2 heteroatoms. The normalized spacial score (nSPS) is 12.7. The molecule has 0 aromatic heterocycles. The van der Waals surface area contributed by atoms with E-state index in [1.807, 2.05) is 0 Å². The molecule has 27 heavy (non-hydrogen) atoms. The van der Waals surface area contributed by atoms with Crippen LogP contribution in [0, 0.1) is 18.8 Å². The Morgan fingerprint density at radius 2 is 1.67 bits per heavy atom. The predicted molar refractivity (Wildman–Crippen MR) is 122 cm³/mol. The minimum absolute atomic E-state index is 0.718. The second-order valence-electron chi connectivity index (χ2n) is 7.99. The van der Waals surface area contributed by atoms with Gasteiger partial charge in [0, 0.05) is 10.0 Å². The van der Waals surface area contributed by atoms with Crippen molar-refractivity contribution in [3.05, 3.63) is 63.6 Å². The molecule has 1 nitrogen and oxygen atoms in total. The van der Waals surface area contributed by atoms with Gasteiger partial charge in [0.25, 0.3) is 0 Å². The second-order valence-corrected chi connectivity index (χ2v) is 8.91. The van der Waals surface area contributed by atoms with E-state index in [9.17, 15) is 0 Å². The number of hydrogen-bond acceptors (Lipinski definition) is 1. The summed E-state index contributed by atoms with van der Waals surface area (Å²) in [6.07, 6.45) is 9.34. The van der Waals surface area contributed by atoms with E-state index in [1.54, 1.807) is 0 Å². The van der Waals surface area contributed by atoms with Crippen molar-refractivity contribution in [1.29, 1.82) is 0 Å². The van der Waals surface area contributed by atoms with E-state index in [4.69, 9.17) is 4.74 Å². The van der Waals surface area contributed by atoms with Crippen LogP contribution in [0.4, 0.5) is 0 Å². The third-order valence-electron chi connectivity index (χ3n) is 4.84. The molecule has 0 amide bonds. The van der Waals surface area contributed by atoms with Gasteiger partial charge >= 0.3 is 0 Å². The molecule has 2 rings (SSSR count). The molecule has 1 unspecified atom stereocenters. The average molecular weight is 429 g/mol. The fraction of sp³-hybridized carbons (Fsp3) is 0.440. The van der Waals surface area contributed by atoms with Crippen LogP contribution in [0.25, 0.3) is 12.2 Å². The predicted octanol–water partition coefficient (Wildman–Crippen LogP) is 8.16. The van der Waals surface area contributed by atoms with Gasteiger partial charge in [-0.1, -0.05) is 92.4 Å².